The first-order valence-corrected chi connectivity index (χ1v) is 13.1. The third-order valence-corrected chi connectivity index (χ3v) is 7.06. The van der Waals surface area contributed by atoms with Gasteiger partial charge in [-0.2, -0.15) is 0 Å². The first-order chi connectivity index (χ1) is 12.0. The summed E-state index contributed by atoms with van der Waals surface area (Å²) in [5.41, 5.74) is 2.25. The van der Waals surface area contributed by atoms with Crippen molar-refractivity contribution in [3.63, 3.8) is 0 Å². The van der Waals surface area contributed by atoms with Gasteiger partial charge in [0, 0.05) is 26.3 Å². The van der Waals surface area contributed by atoms with E-state index < -0.39 is 8.07 Å². The van der Waals surface area contributed by atoms with Gasteiger partial charge in [-0.3, -0.25) is 0 Å². The summed E-state index contributed by atoms with van der Waals surface area (Å²) in [5.74, 6) is 0. The predicted octanol–water partition coefficient (Wildman–Crippen LogP) is 3.72. The van der Waals surface area contributed by atoms with Crippen LogP contribution in [0.25, 0.3) is 11.0 Å². The molecule has 2 aromatic heterocycles. The molecule has 2 aliphatic heterocycles. The van der Waals surface area contributed by atoms with Crippen LogP contribution in [0.4, 0.5) is 5.69 Å². The van der Waals surface area contributed by atoms with Gasteiger partial charge in [-0.25, -0.2) is 4.98 Å². The molecule has 2 unspecified atom stereocenters. The van der Waals surface area contributed by atoms with Crippen molar-refractivity contribution in [1.29, 1.82) is 0 Å². The lowest BCUT2D eigenvalue weighted by atomic mass is 10.2. The largest absolute Gasteiger partial charge is 0.377 e. The topological polar surface area (TPSA) is 39.5 Å². The van der Waals surface area contributed by atoms with Crippen LogP contribution in [-0.4, -0.2) is 49.5 Å². The van der Waals surface area contributed by atoms with E-state index in [1.807, 2.05) is 6.20 Å². The second kappa shape index (κ2) is 6.74. The lowest BCUT2D eigenvalue weighted by Crippen LogP contribution is -2.45. The zero-order valence-electron chi connectivity index (χ0n) is 15.6. The van der Waals surface area contributed by atoms with E-state index in [1.54, 1.807) is 0 Å². The summed E-state index contributed by atoms with van der Waals surface area (Å²) in [6, 6.07) is 6.66. The Morgan fingerprint density at radius 3 is 2.72 bits per heavy atom. The molecule has 25 heavy (non-hydrogen) atoms. The van der Waals surface area contributed by atoms with Gasteiger partial charge in [-0.1, -0.05) is 19.6 Å². The summed E-state index contributed by atoms with van der Waals surface area (Å²) >= 11 is 0. The standard InChI is InChI=1S/C19H29N3O2Si/c1-25(2,3)9-8-23-14-21-7-6-15-10-18(11-20-19(15)21)22-16-4-5-17(22)13-24-12-16/h6-7,10-11,16-17H,4-5,8-9,12-14H2,1-3H3. The molecule has 5 nitrogen and oxygen atoms in total. The van der Waals surface area contributed by atoms with Crippen LogP contribution < -0.4 is 4.90 Å². The molecule has 2 fully saturated rings. The molecule has 0 amide bonds. The van der Waals surface area contributed by atoms with E-state index >= 15 is 0 Å². The molecule has 2 bridgehead atoms. The van der Waals surface area contributed by atoms with Gasteiger partial charge in [-0.15, -0.1) is 0 Å². The maximum absolute atomic E-state index is 5.88. The smallest absolute Gasteiger partial charge is 0.141 e. The minimum Gasteiger partial charge on any atom is -0.377 e. The van der Waals surface area contributed by atoms with E-state index in [0.29, 0.717) is 18.8 Å². The molecule has 0 aliphatic carbocycles. The number of nitrogens with zero attached hydrogens (tertiary/aromatic N) is 3. The van der Waals surface area contributed by atoms with E-state index in [0.717, 1.165) is 25.5 Å². The van der Waals surface area contributed by atoms with Crippen LogP contribution in [-0.2, 0) is 16.2 Å². The summed E-state index contributed by atoms with van der Waals surface area (Å²) in [4.78, 5) is 7.28. The van der Waals surface area contributed by atoms with Crippen molar-refractivity contribution in [2.45, 2.75) is 57.3 Å². The summed E-state index contributed by atoms with van der Waals surface area (Å²) in [5, 5.41) is 1.19. The molecule has 0 saturated carbocycles. The minimum absolute atomic E-state index is 0.519. The molecular weight excluding hydrogens is 330 g/mol. The SMILES string of the molecule is C[Si](C)(C)CCOCn1ccc2cc(N3C4CCC3COC4)cnc21. The fraction of sp³-hybridized carbons (Fsp3) is 0.632. The molecule has 2 aliphatic rings. The van der Waals surface area contributed by atoms with Crippen LogP contribution in [0, 0.1) is 0 Å². The van der Waals surface area contributed by atoms with Crippen LogP contribution in [0.15, 0.2) is 24.5 Å². The van der Waals surface area contributed by atoms with E-state index in [2.05, 4.69) is 47.4 Å². The Hall–Kier alpha value is -1.37. The van der Waals surface area contributed by atoms with Crippen molar-refractivity contribution in [3.05, 3.63) is 24.5 Å². The molecule has 6 heteroatoms. The van der Waals surface area contributed by atoms with E-state index in [-0.39, 0.29) is 0 Å². The molecule has 4 rings (SSSR count). The normalized spacial score (nSPS) is 23.6. The Bertz CT molecular complexity index is 724. The van der Waals surface area contributed by atoms with Crippen molar-refractivity contribution in [2.75, 3.05) is 24.7 Å². The Kier molecular flexibility index (Phi) is 4.60. The first-order valence-electron chi connectivity index (χ1n) is 9.40. The van der Waals surface area contributed by atoms with Crippen molar-refractivity contribution < 1.29 is 9.47 Å². The van der Waals surface area contributed by atoms with Crippen molar-refractivity contribution in [1.82, 2.24) is 9.55 Å². The van der Waals surface area contributed by atoms with E-state index in [4.69, 9.17) is 14.5 Å². The number of morpholine rings is 1. The van der Waals surface area contributed by atoms with Gasteiger partial charge < -0.3 is 18.9 Å². The van der Waals surface area contributed by atoms with Crippen molar-refractivity contribution >= 4 is 24.8 Å². The average Bonchev–Trinajstić information content (AvgIpc) is 3.08. The summed E-state index contributed by atoms with van der Waals surface area (Å²) < 4.78 is 13.7. The van der Waals surface area contributed by atoms with Gasteiger partial charge in [-0.05, 0) is 31.0 Å². The highest BCUT2D eigenvalue weighted by atomic mass is 28.3. The van der Waals surface area contributed by atoms with Crippen molar-refractivity contribution in [2.24, 2.45) is 0 Å². The molecule has 0 aromatic carbocycles. The van der Waals surface area contributed by atoms with Crippen LogP contribution in [0.1, 0.15) is 12.8 Å². The highest BCUT2D eigenvalue weighted by Gasteiger charge is 2.37. The number of fused-ring (bicyclic) bond motifs is 3. The summed E-state index contributed by atoms with van der Waals surface area (Å²) in [6.07, 6.45) is 6.57. The van der Waals surface area contributed by atoms with Gasteiger partial charge in [0.1, 0.15) is 12.4 Å². The number of ether oxygens (including phenoxy) is 2. The molecule has 4 heterocycles. The lowest BCUT2D eigenvalue weighted by Gasteiger charge is -2.36. The van der Waals surface area contributed by atoms with Crippen LogP contribution >= 0.6 is 0 Å². The van der Waals surface area contributed by atoms with E-state index in [1.165, 1.54) is 30.0 Å². The molecule has 0 N–H and O–H groups in total. The third-order valence-electron chi connectivity index (χ3n) is 5.35. The Balaban J connectivity index is 1.46. The van der Waals surface area contributed by atoms with Crippen LogP contribution in [0.5, 0.6) is 0 Å². The van der Waals surface area contributed by atoms with Gasteiger partial charge >= 0.3 is 0 Å². The predicted molar refractivity (Wildman–Crippen MR) is 104 cm³/mol. The summed E-state index contributed by atoms with van der Waals surface area (Å²) in [7, 11) is -1.03. The summed E-state index contributed by atoms with van der Waals surface area (Å²) in [6.45, 7) is 10.3. The van der Waals surface area contributed by atoms with Gasteiger partial charge in [0.25, 0.3) is 0 Å². The maximum Gasteiger partial charge on any atom is 0.141 e. The first kappa shape index (κ1) is 17.1. The third kappa shape index (κ3) is 3.61. The quantitative estimate of drug-likeness (QED) is 0.582. The van der Waals surface area contributed by atoms with Crippen LogP contribution in [0.2, 0.25) is 25.7 Å². The highest BCUT2D eigenvalue weighted by Crippen LogP contribution is 2.34. The minimum atomic E-state index is -1.03. The molecule has 0 spiro atoms. The number of pyridine rings is 1. The number of rotatable bonds is 6. The zero-order valence-corrected chi connectivity index (χ0v) is 16.6. The second-order valence-corrected chi connectivity index (χ2v) is 14.2. The fourth-order valence-electron chi connectivity index (χ4n) is 3.90. The van der Waals surface area contributed by atoms with Crippen LogP contribution in [0.3, 0.4) is 0 Å². The lowest BCUT2D eigenvalue weighted by molar-refractivity contribution is 0.0898. The number of hydrogen-bond acceptors (Lipinski definition) is 4. The average molecular weight is 360 g/mol. The van der Waals surface area contributed by atoms with Crippen molar-refractivity contribution in [3.8, 4) is 0 Å². The maximum atomic E-state index is 5.88. The fourth-order valence-corrected chi connectivity index (χ4v) is 4.66. The Morgan fingerprint density at radius 1 is 1.24 bits per heavy atom. The van der Waals surface area contributed by atoms with Gasteiger partial charge in [0.2, 0.25) is 0 Å². The highest BCUT2D eigenvalue weighted by molar-refractivity contribution is 6.76. The molecule has 2 aromatic rings. The second-order valence-electron chi connectivity index (χ2n) is 8.57. The number of aromatic nitrogens is 2. The van der Waals surface area contributed by atoms with Gasteiger partial charge in [0.05, 0.1) is 37.2 Å². The number of hydrogen-bond donors (Lipinski definition) is 0. The molecule has 2 saturated heterocycles. The zero-order chi connectivity index (χ0) is 17.4. The molecule has 0 radical (unpaired) electrons. The molecule has 136 valence electrons. The number of anilines is 1. The molecular formula is C19H29N3O2Si. The van der Waals surface area contributed by atoms with E-state index in [9.17, 15) is 0 Å². The Morgan fingerprint density at radius 2 is 2.00 bits per heavy atom. The molecule has 2 atom stereocenters. The monoisotopic (exact) mass is 359 g/mol. The Labute approximate surface area is 150 Å². The van der Waals surface area contributed by atoms with Gasteiger partial charge in [0.15, 0.2) is 0 Å².